The molecule has 0 unspecified atom stereocenters. The summed E-state index contributed by atoms with van der Waals surface area (Å²) in [5.74, 6) is 0. The largest absolute Gasteiger partial charge is 0.245 e. The Morgan fingerprint density at radius 2 is 2.40 bits per heavy atom. The van der Waals surface area contributed by atoms with E-state index in [2.05, 4.69) is 18.0 Å². The summed E-state index contributed by atoms with van der Waals surface area (Å²) >= 11 is 0. The molecule has 0 bridgehead atoms. The first-order chi connectivity index (χ1) is 4.93. The first kappa shape index (κ1) is 7.26. The highest BCUT2D eigenvalue weighted by molar-refractivity contribution is 5.72. The molecule has 1 aliphatic rings. The molecule has 1 rings (SSSR count). The molecule has 0 N–H and O–H groups in total. The van der Waals surface area contributed by atoms with Crippen molar-refractivity contribution in [3.05, 3.63) is 23.9 Å². The molecule has 1 heteroatoms. The van der Waals surface area contributed by atoms with Crippen molar-refractivity contribution in [3.63, 3.8) is 0 Å². The molecule has 10 heavy (non-hydrogen) atoms. The maximum absolute atomic E-state index is 4.04. The summed E-state index contributed by atoms with van der Waals surface area (Å²) < 4.78 is 0. The third-order valence-corrected chi connectivity index (χ3v) is 1.54. The lowest BCUT2D eigenvalue weighted by Crippen LogP contribution is -1.90. The van der Waals surface area contributed by atoms with Crippen molar-refractivity contribution >= 4 is 6.21 Å². The van der Waals surface area contributed by atoms with E-state index in [0.717, 1.165) is 0 Å². The fourth-order valence-electron chi connectivity index (χ4n) is 0.927. The van der Waals surface area contributed by atoms with Crippen molar-refractivity contribution < 1.29 is 0 Å². The van der Waals surface area contributed by atoms with Crippen LogP contribution in [-0.4, -0.2) is 6.21 Å². The van der Waals surface area contributed by atoms with E-state index in [9.17, 15) is 0 Å². The van der Waals surface area contributed by atoms with Crippen LogP contribution in [0.4, 0.5) is 0 Å². The van der Waals surface area contributed by atoms with E-state index in [1.54, 1.807) is 0 Å². The SMILES string of the molecule is CCCCC1=C[N+]=CC=C1. The highest BCUT2D eigenvalue weighted by Crippen LogP contribution is 2.08. The zero-order valence-electron chi connectivity index (χ0n) is 6.38. The third kappa shape index (κ3) is 2.18. The maximum atomic E-state index is 4.04. The second-order valence-electron chi connectivity index (χ2n) is 2.46. The molecule has 1 aliphatic heterocycles. The standard InChI is InChI=1S/C9H13N/c1-2-3-5-9-6-4-7-10-8-9/h4,6-8H,2-3,5H2,1H3/q+1. The molecule has 1 heterocycles. The first-order valence-corrected chi connectivity index (χ1v) is 3.82. The number of rotatable bonds is 3. The average Bonchev–Trinajstić information content (AvgIpc) is 2.03. The van der Waals surface area contributed by atoms with Crippen molar-refractivity contribution in [2.45, 2.75) is 26.2 Å². The van der Waals surface area contributed by atoms with Gasteiger partial charge in [0.1, 0.15) is 0 Å². The Hall–Kier alpha value is -0.850. The van der Waals surface area contributed by atoms with Gasteiger partial charge in [0.15, 0.2) is 0 Å². The van der Waals surface area contributed by atoms with Crippen LogP contribution in [0.3, 0.4) is 0 Å². The van der Waals surface area contributed by atoms with Gasteiger partial charge in [-0.2, -0.15) is 0 Å². The summed E-state index contributed by atoms with van der Waals surface area (Å²) in [6, 6.07) is 0. The van der Waals surface area contributed by atoms with Crippen molar-refractivity contribution in [2.75, 3.05) is 0 Å². The number of nitrogens with zero attached hydrogens (tertiary/aromatic N) is 1. The van der Waals surface area contributed by atoms with Crippen LogP contribution in [0.25, 0.3) is 0 Å². The van der Waals surface area contributed by atoms with Crippen LogP contribution in [0.2, 0.25) is 0 Å². The monoisotopic (exact) mass is 135 g/mol. The Kier molecular flexibility index (Phi) is 2.94. The van der Waals surface area contributed by atoms with Crippen LogP contribution in [0.5, 0.6) is 0 Å². The van der Waals surface area contributed by atoms with Gasteiger partial charge < -0.3 is 0 Å². The summed E-state index contributed by atoms with van der Waals surface area (Å²) in [5.41, 5.74) is 1.35. The van der Waals surface area contributed by atoms with Gasteiger partial charge in [0, 0.05) is 11.6 Å². The molecule has 0 aromatic heterocycles. The Bertz CT molecular complexity index is 175. The van der Waals surface area contributed by atoms with Crippen LogP contribution in [0.15, 0.2) is 23.9 Å². The quantitative estimate of drug-likeness (QED) is 0.562. The topological polar surface area (TPSA) is 14.1 Å². The van der Waals surface area contributed by atoms with Crippen LogP contribution < -0.4 is 4.99 Å². The molecule has 0 aromatic carbocycles. The minimum absolute atomic E-state index is 1.17. The van der Waals surface area contributed by atoms with E-state index < -0.39 is 0 Å². The number of allylic oxidation sites excluding steroid dienone is 3. The number of aliphatic imine (C=N–C) groups is 1. The average molecular weight is 135 g/mol. The van der Waals surface area contributed by atoms with E-state index in [4.69, 9.17) is 0 Å². The van der Waals surface area contributed by atoms with E-state index in [-0.39, 0.29) is 0 Å². The third-order valence-electron chi connectivity index (χ3n) is 1.54. The van der Waals surface area contributed by atoms with Crippen molar-refractivity contribution in [3.8, 4) is 0 Å². The van der Waals surface area contributed by atoms with Gasteiger partial charge in [-0.3, -0.25) is 0 Å². The summed E-state index contributed by atoms with van der Waals surface area (Å²) in [7, 11) is 0. The summed E-state index contributed by atoms with van der Waals surface area (Å²) in [4.78, 5) is 4.04. The Balaban J connectivity index is 2.35. The van der Waals surface area contributed by atoms with E-state index in [1.165, 1.54) is 24.8 Å². The highest BCUT2D eigenvalue weighted by Gasteiger charge is 1.99. The zero-order chi connectivity index (χ0) is 7.23. The first-order valence-electron chi connectivity index (χ1n) is 3.82. The lowest BCUT2D eigenvalue weighted by molar-refractivity contribution is 0.795. The van der Waals surface area contributed by atoms with Gasteiger partial charge in [-0.15, -0.1) is 0 Å². The van der Waals surface area contributed by atoms with Gasteiger partial charge in [-0.25, -0.2) is 0 Å². The van der Waals surface area contributed by atoms with Gasteiger partial charge in [0.05, 0.1) is 4.99 Å². The Morgan fingerprint density at radius 3 is 3.00 bits per heavy atom. The molecule has 1 radical (unpaired) electrons. The number of hydrogen-bond acceptors (Lipinski definition) is 1. The van der Waals surface area contributed by atoms with Gasteiger partial charge in [0.25, 0.3) is 0 Å². The predicted molar refractivity (Wildman–Crippen MR) is 44.9 cm³/mol. The molecule has 0 saturated heterocycles. The summed E-state index contributed by atoms with van der Waals surface area (Å²) in [6.45, 7) is 2.20. The number of unbranched alkanes of at least 4 members (excludes halogenated alkanes) is 1. The van der Waals surface area contributed by atoms with Crippen molar-refractivity contribution in [1.82, 2.24) is 4.99 Å². The summed E-state index contributed by atoms with van der Waals surface area (Å²) in [6.07, 6.45) is 11.6. The minimum Gasteiger partial charge on any atom is -0.0654 e. The fourth-order valence-corrected chi connectivity index (χ4v) is 0.927. The lowest BCUT2D eigenvalue weighted by Gasteiger charge is -1.94. The van der Waals surface area contributed by atoms with Crippen LogP contribution in [0.1, 0.15) is 26.2 Å². The van der Waals surface area contributed by atoms with Crippen molar-refractivity contribution in [2.24, 2.45) is 0 Å². The van der Waals surface area contributed by atoms with Crippen LogP contribution in [0, 0.1) is 0 Å². The predicted octanol–water partition coefficient (Wildman–Crippen LogP) is 2.04. The van der Waals surface area contributed by atoms with Gasteiger partial charge in [-0.1, -0.05) is 13.3 Å². The van der Waals surface area contributed by atoms with Crippen LogP contribution in [-0.2, 0) is 0 Å². The normalized spacial score (nSPS) is 15.5. The molecule has 0 spiro atoms. The van der Waals surface area contributed by atoms with E-state index in [1.807, 2.05) is 18.5 Å². The van der Waals surface area contributed by atoms with E-state index >= 15 is 0 Å². The van der Waals surface area contributed by atoms with Crippen LogP contribution >= 0.6 is 0 Å². The Labute approximate surface area is 62.2 Å². The maximum Gasteiger partial charge on any atom is 0.245 e. The summed E-state index contributed by atoms with van der Waals surface area (Å²) in [5, 5.41) is 0. The second-order valence-corrected chi connectivity index (χ2v) is 2.46. The number of hydrogen-bond donors (Lipinski definition) is 0. The second kappa shape index (κ2) is 4.04. The molecule has 1 nitrogen and oxygen atoms in total. The molecule has 0 fully saturated rings. The minimum atomic E-state index is 1.17. The molecule has 0 aromatic rings. The molecule has 53 valence electrons. The van der Waals surface area contributed by atoms with Gasteiger partial charge in [0.2, 0.25) is 12.4 Å². The van der Waals surface area contributed by atoms with Gasteiger partial charge >= 0.3 is 0 Å². The zero-order valence-corrected chi connectivity index (χ0v) is 6.38. The molecular formula is C9H13N+. The van der Waals surface area contributed by atoms with Gasteiger partial charge in [-0.05, 0) is 18.9 Å². The molecular weight excluding hydrogens is 122 g/mol. The molecule has 0 atom stereocenters. The van der Waals surface area contributed by atoms with Crippen molar-refractivity contribution in [1.29, 1.82) is 0 Å². The van der Waals surface area contributed by atoms with E-state index in [0.29, 0.717) is 0 Å². The fraction of sp³-hybridized carbons (Fsp3) is 0.444. The Morgan fingerprint density at radius 1 is 1.50 bits per heavy atom. The smallest absolute Gasteiger partial charge is 0.0654 e. The highest BCUT2D eigenvalue weighted by atomic mass is 14.7. The molecule has 0 aliphatic carbocycles. The molecule has 0 amide bonds. The molecule has 0 saturated carbocycles. The lowest BCUT2D eigenvalue weighted by atomic mass is 10.1.